The second-order valence-corrected chi connectivity index (χ2v) is 2.78. The number of benzene rings is 1. The summed E-state index contributed by atoms with van der Waals surface area (Å²) in [6.45, 7) is 6.26. The minimum Gasteiger partial charge on any atom is -0.267 e. The fourth-order valence-corrected chi connectivity index (χ4v) is 1.07. The van der Waals surface area contributed by atoms with E-state index >= 15 is 0 Å². The Bertz CT molecular complexity index is 405. The largest absolute Gasteiger partial charge is 0.271 e. The molecule has 0 aliphatic rings. The van der Waals surface area contributed by atoms with Crippen molar-refractivity contribution in [3.05, 3.63) is 35.4 Å². The zero-order valence-electron chi connectivity index (χ0n) is 8.43. The third kappa shape index (κ3) is 2.74. The number of hydrogen-bond donors (Lipinski definition) is 2. The summed E-state index contributed by atoms with van der Waals surface area (Å²) in [5.41, 5.74) is 4.95. The van der Waals surface area contributed by atoms with Crippen molar-refractivity contribution in [2.45, 2.75) is 0 Å². The van der Waals surface area contributed by atoms with E-state index in [-0.39, 0.29) is 0 Å². The van der Waals surface area contributed by atoms with E-state index in [1.165, 1.54) is 6.07 Å². The molecule has 2 amide bonds. The molecule has 0 fully saturated rings. The molecule has 6 nitrogen and oxygen atoms in total. The lowest BCUT2D eigenvalue weighted by Gasteiger charge is -2.02. The topological polar surface area (TPSA) is 82.9 Å². The van der Waals surface area contributed by atoms with Gasteiger partial charge in [0.1, 0.15) is 0 Å². The molecular formula is C10H10N4O2. The van der Waals surface area contributed by atoms with E-state index in [1.54, 1.807) is 18.2 Å². The molecule has 1 rings (SSSR count). The van der Waals surface area contributed by atoms with E-state index in [0.29, 0.717) is 11.1 Å². The predicted octanol–water partition coefficient (Wildman–Crippen LogP) is 0.377. The highest BCUT2D eigenvalue weighted by molar-refractivity contribution is 5.99. The minimum atomic E-state index is -0.434. The molecule has 2 N–H and O–H groups in total. The van der Waals surface area contributed by atoms with Crippen LogP contribution in [0.15, 0.2) is 34.5 Å². The van der Waals surface area contributed by atoms with Gasteiger partial charge in [-0.1, -0.05) is 6.07 Å². The van der Waals surface area contributed by atoms with Gasteiger partial charge in [0.05, 0.1) is 0 Å². The second kappa shape index (κ2) is 5.40. The standard InChI is InChI=1S/C10H10N4O2/c1-11-13-9(15)7-4-3-5-8(6-7)10(16)14-12-2/h3-6H,1-2H2,(H,13,15)(H,14,16). The van der Waals surface area contributed by atoms with E-state index in [2.05, 4.69) is 34.5 Å². The van der Waals surface area contributed by atoms with Crippen molar-refractivity contribution in [3.63, 3.8) is 0 Å². The van der Waals surface area contributed by atoms with E-state index in [9.17, 15) is 9.59 Å². The molecule has 1 aromatic carbocycles. The van der Waals surface area contributed by atoms with E-state index < -0.39 is 11.8 Å². The first kappa shape index (κ1) is 11.6. The maximum Gasteiger partial charge on any atom is 0.271 e. The zero-order chi connectivity index (χ0) is 12.0. The number of hydrogen-bond acceptors (Lipinski definition) is 4. The number of carbonyl (C=O) groups excluding carboxylic acids is 2. The molecule has 0 radical (unpaired) electrons. The fraction of sp³-hybridized carbons (Fsp3) is 0. The van der Waals surface area contributed by atoms with Crippen molar-refractivity contribution in [1.82, 2.24) is 10.9 Å². The normalized spacial score (nSPS) is 9.00. The van der Waals surface area contributed by atoms with Crippen molar-refractivity contribution in [1.29, 1.82) is 0 Å². The van der Waals surface area contributed by atoms with Gasteiger partial charge in [0, 0.05) is 24.6 Å². The Labute approximate surface area is 92.0 Å². The van der Waals surface area contributed by atoms with Crippen molar-refractivity contribution in [3.8, 4) is 0 Å². The summed E-state index contributed by atoms with van der Waals surface area (Å²) >= 11 is 0. The van der Waals surface area contributed by atoms with Crippen LogP contribution in [0, 0.1) is 0 Å². The third-order valence-electron chi connectivity index (χ3n) is 1.75. The number of rotatable bonds is 4. The molecule has 0 unspecified atom stereocenters. The van der Waals surface area contributed by atoms with Crippen LogP contribution in [0.3, 0.4) is 0 Å². The molecule has 82 valence electrons. The van der Waals surface area contributed by atoms with E-state index in [1.807, 2.05) is 0 Å². The molecule has 6 heteroatoms. The van der Waals surface area contributed by atoms with Gasteiger partial charge in [-0.2, -0.15) is 10.2 Å². The van der Waals surface area contributed by atoms with Gasteiger partial charge in [-0.25, -0.2) is 10.9 Å². The average Bonchev–Trinajstić information content (AvgIpc) is 2.30. The molecule has 0 bridgehead atoms. The van der Waals surface area contributed by atoms with Crippen molar-refractivity contribution in [2.75, 3.05) is 0 Å². The van der Waals surface area contributed by atoms with Gasteiger partial charge in [-0.3, -0.25) is 9.59 Å². The highest BCUT2D eigenvalue weighted by Crippen LogP contribution is 2.05. The van der Waals surface area contributed by atoms with Crippen LogP contribution in [0.4, 0.5) is 0 Å². The maximum absolute atomic E-state index is 11.4. The minimum absolute atomic E-state index is 0.309. The Hall–Kier alpha value is -2.50. The quantitative estimate of drug-likeness (QED) is 0.565. The molecule has 0 saturated heterocycles. The lowest BCUT2D eigenvalue weighted by Crippen LogP contribution is -2.20. The number of nitrogens with zero attached hydrogens (tertiary/aromatic N) is 2. The first-order valence-electron chi connectivity index (χ1n) is 4.31. The van der Waals surface area contributed by atoms with Gasteiger partial charge in [0.2, 0.25) is 0 Å². The van der Waals surface area contributed by atoms with Crippen LogP contribution in [-0.2, 0) is 0 Å². The molecule has 0 aromatic heterocycles. The molecule has 0 aliphatic heterocycles. The van der Waals surface area contributed by atoms with Crippen LogP contribution in [0.1, 0.15) is 20.7 Å². The Balaban J connectivity index is 2.94. The number of carbonyl (C=O) groups is 2. The number of amides is 2. The summed E-state index contributed by atoms with van der Waals surface area (Å²) in [4.78, 5) is 22.7. The Kier molecular flexibility index (Phi) is 3.90. The Morgan fingerprint density at radius 1 is 1.00 bits per heavy atom. The summed E-state index contributed by atoms with van der Waals surface area (Å²) in [6, 6.07) is 6.11. The van der Waals surface area contributed by atoms with Crippen LogP contribution in [-0.4, -0.2) is 25.2 Å². The Morgan fingerprint density at radius 3 is 1.81 bits per heavy atom. The molecule has 0 spiro atoms. The van der Waals surface area contributed by atoms with Crippen molar-refractivity contribution < 1.29 is 9.59 Å². The highest BCUT2D eigenvalue weighted by Gasteiger charge is 2.08. The van der Waals surface area contributed by atoms with Gasteiger partial charge in [-0.15, -0.1) is 0 Å². The zero-order valence-corrected chi connectivity index (χ0v) is 8.43. The highest BCUT2D eigenvalue weighted by atomic mass is 16.2. The molecule has 16 heavy (non-hydrogen) atoms. The fourth-order valence-electron chi connectivity index (χ4n) is 1.07. The first-order chi connectivity index (χ1) is 7.69. The van der Waals surface area contributed by atoms with E-state index in [4.69, 9.17) is 0 Å². The molecule has 1 aromatic rings. The first-order valence-corrected chi connectivity index (χ1v) is 4.31. The van der Waals surface area contributed by atoms with Crippen LogP contribution < -0.4 is 10.9 Å². The van der Waals surface area contributed by atoms with Gasteiger partial charge in [-0.05, 0) is 18.2 Å². The van der Waals surface area contributed by atoms with Crippen molar-refractivity contribution in [2.24, 2.45) is 10.2 Å². The SMILES string of the molecule is C=NNC(=O)c1cccc(C(=O)NN=C)c1. The molecular weight excluding hydrogens is 208 g/mol. The summed E-state index contributed by atoms with van der Waals surface area (Å²) in [5.74, 6) is -0.868. The Morgan fingerprint density at radius 2 is 1.44 bits per heavy atom. The van der Waals surface area contributed by atoms with Crippen LogP contribution in [0.2, 0.25) is 0 Å². The summed E-state index contributed by atoms with van der Waals surface area (Å²) in [5, 5.41) is 6.49. The van der Waals surface area contributed by atoms with Crippen LogP contribution in [0.5, 0.6) is 0 Å². The lowest BCUT2D eigenvalue weighted by atomic mass is 10.1. The van der Waals surface area contributed by atoms with Crippen LogP contribution in [0.25, 0.3) is 0 Å². The summed E-state index contributed by atoms with van der Waals surface area (Å²) in [6.07, 6.45) is 0. The molecule has 0 heterocycles. The smallest absolute Gasteiger partial charge is 0.267 e. The molecule has 0 atom stereocenters. The van der Waals surface area contributed by atoms with Crippen LogP contribution >= 0.6 is 0 Å². The van der Waals surface area contributed by atoms with E-state index in [0.717, 1.165) is 0 Å². The molecule has 0 aliphatic carbocycles. The number of hydrazone groups is 2. The summed E-state index contributed by atoms with van der Waals surface area (Å²) in [7, 11) is 0. The average molecular weight is 218 g/mol. The predicted molar refractivity (Wildman–Crippen MR) is 60.5 cm³/mol. The maximum atomic E-state index is 11.4. The second-order valence-electron chi connectivity index (χ2n) is 2.78. The van der Waals surface area contributed by atoms with Gasteiger partial charge < -0.3 is 0 Å². The summed E-state index contributed by atoms with van der Waals surface area (Å²) < 4.78 is 0. The number of nitrogens with one attached hydrogen (secondary N) is 2. The van der Waals surface area contributed by atoms with Gasteiger partial charge >= 0.3 is 0 Å². The molecule has 0 saturated carbocycles. The monoisotopic (exact) mass is 218 g/mol. The van der Waals surface area contributed by atoms with Gasteiger partial charge in [0.25, 0.3) is 11.8 Å². The third-order valence-corrected chi connectivity index (χ3v) is 1.75. The van der Waals surface area contributed by atoms with Gasteiger partial charge in [0.15, 0.2) is 0 Å². The van der Waals surface area contributed by atoms with Crippen molar-refractivity contribution >= 4 is 25.2 Å². The lowest BCUT2D eigenvalue weighted by molar-refractivity contribution is 0.0954.